The molecule has 11 heteroatoms. The summed E-state index contributed by atoms with van der Waals surface area (Å²) >= 11 is 13.5. The Morgan fingerprint density at radius 1 is 0.939 bits per heavy atom. The number of piperazine rings is 1. The van der Waals surface area contributed by atoms with Crippen molar-refractivity contribution in [3.63, 3.8) is 0 Å². The summed E-state index contributed by atoms with van der Waals surface area (Å²) in [6, 6.07) is 9.37. The minimum atomic E-state index is -3.94. The monoisotopic (exact) mass is 529 g/mol. The number of nitro groups is 1. The normalized spacial score (nSPS) is 19.0. The molecule has 2 aromatic rings. The number of sulfonamides is 1. The van der Waals surface area contributed by atoms with Crippen LogP contribution in [0.2, 0.25) is 10.0 Å². The van der Waals surface area contributed by atoms with Gasteiger partial charge in [0.1, 0.15) is 4.90 Å². The van der Waals surface area contributed by atoms with Crippen LogP contribution >= 0.6 is 35.0 Å². The molecule has 2 aliphatic rings. The fraction of sp³-hybridized carbons (Fsp3) is 0.455. The van der Waals surface area contributed by atoms with Crippen LogP contribution in [-0.2, 0) is 10.0 Å². The number of nitro benzene ring substituents is 1. The largest absolute Gasteiger partial charge is 0.298 e. The highest BCUT2D eigenvalue weighted by Gasteiger charge is 2.34. The van der Waals surface area contributed by atoms with Crippen LogP contribution in [0.1, 0.15) is 32.1 Å². The van der Waals surface area contributed by atoms with Crippen molar-refractivity contribution in [3.05, 3.63) is 56.6 Å². The Morgan fingerprint density at radius 2 is 1.64 bits per heavy atom. The summed E-state index contributed by atoms with van der Waals surface area (Å²) in [7, 11) is -3.94. The molecule has 0 bridgehead atoms. The number of non-ortho nitro benzene ring substituents is 1. The highest BCUT2D eigenvalue weighted by atomic mass is 35.5. The molecule has 1 aliphatic heterocycles. The maximum atomic E-state index is 13.6. The zero-order chi connectivity index (χ0) is 23.6. The molecular formula is C22H25Cl2N3O4S2. The third-order valence-corrected chi connectivity index (χ3v) is 10.1. The summed E-state index contributed by atoms with van der Waals surface area (Å²) in [4.78, 5) is 14.1. The number of hydrogen-bond acceptors (Lipinski definition) is 6. The van der Waals surface area contributed by atoms with E-state index in [1.54, 1.807) is 18.2 Å². The van der Waals surface area contributed by atoms with E-state index >= 15 is 0 Å². The second-order valence-electron chi connectivity index (χ2n) is 8.30. The zero-order valence-electron chi connectivity index (χ0n) is 18.0. The van der Waals surface area contributed by atoms with Crippen molar-refractivity contribution in [3.8, 4) is 0 Å². The molecule has 1 aliphatic carbocycles. The molecule has 4 rings (SSSR count). The quantitative estimate of drug-likeness (QED) is 0.352. The van der Waals surface area contributed by atoms with Crippen molar-refractivity contribution >= 4 is 50.7 Å². The lowest BCUT2D eigenvalue weighted by Crippen LogP contribution is -2.52. The first-order chi connectivity index (χ1) is 15.8. The van der Waals surface area contributed by atoms with Crippen LogP contribution in [0.3, 0.4) is 0 Å². The van der Waals surface area contributed by atoms with Gasteiger partial charge in [-0.15, -0.1) is 0 Å². The third-order valence-electron chi connectivity index (χ3n) is 6.23. The molecule has 0 atom stereocenters. The number of hydrogen-bond donors (Lipinski definition) is 0. The molecule has 178 valence electrons. The Morgan fingerprint density at radius 3 is 2.30 bits per heavy atom. The summed E-state index contributed by atoms with van der Waals surface area (Å²) < 4.78 is 28.7. The number of nitrogens with zero attached hydrogens (tertiary/aromatic N) is 3. The predicted molar refractivity (Wildman–Crippen MR) is 131 cm³/mol. The molecule has 7 nitrogen and oxygen atoms in total. The molecule has 0 aromatic heterocycles. The first kappa shape index (κ1) is 24.8. The van der Waals surface area contributed by atoms with Crippen molar-refractivity contribution in [2.24, 2.45) is 0 Å². The first-order valence-electron chi connectivity index (χ1n) is 10.9. The highest BCUT2D eigenvalue weighted by molar-refractivity contribution is 8.00. The third kappa shape index (κ3) is 5.66. The molecule has 33 heavy (non-hydrogen) atoms. The van der Waals surface area contributed by atoms with Crippen LogP contribution in [0.25, 0.3) is 0 Å². The SMILES string of the molecule is O=[N+]([O-])c1ccc(Sc2cc(Cl)ccc2Cl)c(S(=O)(=O)N2CCN(C3CCCCC3)CC2)c1. The molecule has 0 unspecified atom stereocenters. The second-order valence-corrected chi connectivity index (χ2v) is 12.1. The van der Waals surface area contributed by atoms with Crippen molar-refractivity contribution in [1.29, 1.82) is 0 Å². The first-order valence-corrected chi connectivity index (χ1v) is 13.9. The van der Waals surface area contributed by atoms with Gasteiger partial charge in [-0.1, -0.05) is 54.2 Å². The minimum Gasteiger partial charge on any atom is -0.298 e. The van der Waals surface area contributed by atoms with Gasteiger partial charge in [0.05, 0.1) is 9.95 Å². The number of halogens is 2. The molecule has 0 N–H and O–H groups in total. The summed E-state index contributed by atoms with van der Waals surface area (Å²) in [5, 5.41) is 12.3. The van der Waals surface area contributed by atoms with E-state index in [0.29, 0.717) is 52.1 Å². The van der Waals surface area contributed by atoms with Gasteiger partial charge >= 0.3 is 0 Å². The standard InChI is InChI=1S/C22H25Cl2N3O4S2/c23-16-6-8-19(24)21(14-16)32-20-9-7-18(27(28)29)15-22(20)33(30,31)26-12-10-25(11-13-26)17-4-2-1-3-5-17/h6-9,14-15,17H,1-5,10-13H2. The molecule has 1 heterocycles. The Hall–Kier alpha value is -1.36. The maximum absolute atomic E-state index is 13.6. The fourth-order valence-electron chi connectivity index (χ4n) is 4.46. The van der Waals surface area contributed by atoms with Gasteiger partial charge in [0.25, 0.3) is 5.69 Å². The topological polar surface area (TPSA) is 83.8 Å². The van der Waals surface area contributed by atoms with Gasteiger partial charge in [-0.25, -0.2) is 8.42 Å². The van der Waals surface area contributed by atoms with Crippen LogP contribution in [0, 0.1) is 10.1 Å². The lowest BCUT2D eigenvalue weighted by Gasteiger charge is -2.40. The van der Waals surface area contributed by atoms with Crippen molar-refractivity contribution in [2.75, 3.05) is 26.2 Å². The average molecular weight is 530 g/mol. The Bertz CT molecular complexity index is 1130. The van der Waals surface area contributed by atoms with E-state index in [0.717, 1.165) is 17.8 Å². The van der Waals surface area contributed by atoms with E-state index in [4.69, 9.17) is 23.2 Å². The van der Waals surface area contributed by atoms with Crippen LogP contribution in [0.5, 0.6) is 0 Å². The summed E-state index contributed by atoms with van der Waals surface area (Å²) in [6.45, 7) is 2.07. The average Bonchev–Trinajstić information content (AvgIpc) is 2.82. The van der Waals surface area contributed by atoms with E-state index in [2.05, 4.69) is 4.90 Å². The van der Waals surface area contributed by atoms with Crippen LogP contribution in [0.4, 0.5) is 5.69 Å². The maximum Gasteiger partial charge on any atom is 0.270 e. The van der Waals surface area contributed by atoms with E-state index in [1.807, 2.05) is 0 Å². The molecular weight excluding hydrogens is 505 g/mol. The molecule has 1 saturated heterocycles. The molecule has 2 fully saturated rings. The van der Waals surface area contributed by atoms with Gasteiger partial charge in [-0.2, -0.15) is 4.31 Å². The van der Waals surface area contributed by atoms with E-state index < -0.39 is 14.9 Å². The Labute approximate surface area is 208 Å². The van der Waals surface area contributed by atoms with Crippen molar-refractivity contribution < 1.29 is 13.3 Å². The van der Waals surface area contributed by atoms with Gasteiger partial charge in [-0.3, -0.25) is 15.0 Å². The molecule has 0 amide bonds. The van der Waals surface area contributed by atoms with Crippen LogP contribution in [0.15, 0.2) is 51.1 Å². The predicted octanol–water partition coefficient (Wildman–Crippen LogP) is 5.69. The Kier molecular flexibility index (Phi) is 7.87. The Balaban J connectivity index is 1.61. The van der Waals surface area contributed by atoms with Gasteiger partial charge < -0.3 is 0 Å². The van der Waals surface area contributed by atoms with Gasteiger partial charge in [0, 0.05) is 59.2 Å². The zero-order valence-corrected chi connectivity index (χ0v) is 21.1. The lowest BCUT2D eigenvalue weighted by molar-refractivity contribution is -0.385. The fourth-order valence-corrected chi connectivity index (χ4v) is 7.77. The summed E-state index contributed by atoms with van der Waals surface area (Å²) in [5.74, 6) is 0. The van der Waals surface area contributed by atoms with Crippen molar-refractivity contribution in [1.82, 2.24) is 9.21 Å². The molecule has 1 saturated carbocycles. The van der Waals surface area contributed by atoms with E-state index in [1.165, 1.54) is 48.5 Å². The second kappa shape index (κ2) is 10.5. The smallest absolute Gasteiger partial charge is 0.270 e. The van der Waals surface area contributed by atoms with Gasteiger partial charge in [-0.05, 0) is 37.1 Å². The van der Waals surface area contributed by atoms with Gasteiger partial charge in [0.2, 0.25) is 10.0 Å². The summed E-state index contributed by atoms with van der Waals surface area (Å²) in [5.41, 5.74) is -0.268. The molecule has 2 aromatic carbocycles. The van der Waals surface area contributed by atoms with Crippen LogP contribution < -0.4 is 0 Å². The number of benzene rings is 2. The van der Waals surface area contributed by atoms with Crippen LogP contribution in [-0.4, -0.2) is 54.8 Å². The van der Waals surface area contributed by atoms with Crippen molar-refractivity contribution in [2.45, 2.75) is 52.8 Å². The molecule has 0 radical (unpaired) electrons. The minimum absolute atomic E-state index is 0.0798. The summed E-state index contributed by atoms with van der Waals surface area (Å²) in [6.07, 6.45) is 6.05. The van der Waals surface area contributed by atoms with Gasteiger partial charge in [0.15, 0.2) is 0 Å². The van der Waals surface area contributed by atoms with E-state index in [-0.39, 0.29) is 10.6 Å². The highest BCUT2D eigenvalue weighted by Crippen LogP contribution is 2.40. The number of rotatable bonds is 6. The lowest BCUT2D eigenvalue weighted by atomic mass is 9.94. The van der Waals surface area contributed by atoms with E-state index in [9.17, 15) is 18.5 Å². The molecule has 0 spiro atoms.